The molecular weight excluding hydrogens is 288 g/mol. The Hall–Kier alpha value is -0.810. The number of aromatic nitrogens is 1. The van der Waals surface area contributed by atoms with Gasteiger partial charge in [-0.2, -0.15) is 0 Å². The zero-order valence-electron chi connectivity index (χ0n) is 12.4. The number of likely N-dealkylation sites (tertiary alicyclic amines) is 1. The van der Waals surface area contributed by atoms with Crippen LogP contribution in [0.2, 0.25) is 0 Å². The number of hydrogen-bond donors (Lipinski definition) is 0. The molecule has 0 aromatic carbocycles. The molecule has 1 fully saturated rings. The van der Waals surface area contributed by atoms with Crippen molar-refractivity contribution in [3.05, 3.63) is 23.0 Å². The summed E-state index contributed by atoms with van der Waals surface area (Å²) in [6.45, 7) is 9.17. The van der Waals surface area contributed by atoms with Crippen molar-refractivity contribution in [2.75, 3.05) is 18.8 Å². The second kappa shape index (κ2) is 6.76. The van der Waals surface area contributed by atoms with Gasteiger partial charge in [-0.3, -0.25) is 4.79 Å². The van der Waals surface area contributed by atoms with Crippen LogP contribution in [0.3, 0.4) is 0 Å². The van der Waals surface area contributed by atoms with Crippen molar-refractivity contribution < 1.29 is 4.79 Å². The highest BCUT2D eigenvalue weighted by Gasteiger charge is 2.19. The van der Waals surface area contributed by atoms with Gasteiger partial charge in [0.15, 0.2) is 5.78 Å². The van der Waals surface area contributed by atoms with E-state index in [9.17, 15) is 4.79 Å². The zero-order chi connectivity index (χ0) is 14.7. The Balaban J connectivity index is 1.96. The van der Waals surface area contributed by atoms with Crippen LogP contribution < -0.4 is 0 Å². The van der Waals surface area contributed by atoms with E-state index in [1.165, 1.54) is 24.6 Å². The van der Waals surface area contributed by atoms with Gasteiger partial charge in [-0.25, -0.2) is 0 Å². The van der Waals surface area contributed by atoms with Crippen molar-refractivity contribution >= 4 is 34.1 Å². The third-order valence-electron chi connectivity index (χ3n) is 3.88. The van der Waals surface area contributed by atoms with E-state index < -0.39 is 0 Å². The lowest BCUT2D eigenvalue weighted by atomic mass is 10.2. The summed E-state index contributed by atoms with van der Waals surface area (Å²) in [6.07, 6.45) is 2.43. The van der Waals surface area contributed by atoms with E-state index in [4.69, 9.17) is 12.2 Å². The molecule has 0 atom stereocenters. The van der Waals surface area contributed by atoms with E-state index in [1.54, 1.807) is 0 Å². The van der Waals surface area contributed by atoms with Gasteiger partial charge in [0.2, 0.25) is 0 Å². The Labute approximate surface area is 130 Å². The molecule has 3 nitrogen and oxygen atoms in total. The number of carbonyl (C=O) groups is 1. The number of Topliss-reactive ketones (excluding diaryl/α,β-unsaturated/α-hetero) is 1. The SMILES string of the molecule is CCn1c(C)cc(C(=O)CSC(=S)N2CCCC2)c1C. The number of thiocarbonyl (C=S) groups is 1. The van der Waals surface area contributed by atoms with Crippen LogP contribution in [-0.2, 0) is 6.54 Å². The number of aryl methyl sites for hydroxylation is 1. The first kappa shape index (κ1) is 15.6. The smallest absolute Gasteiger partial charge is 0.174 e. The van der Waals surface area contributed by atoms with Crippen LogP contribution in [0.15, 0.2) is 6.07 Å². The molecule has 0 N–H and O–H groups in total. The third kappa shape index (κ3) is 3.26. The molecule has 20 heavy (non-hydrogen) atoms. The van der Waals surface area contributed by atoms with Crippen molar-refractivity contribution in [3.8, 4) is 0 Å². The first-order valence-electron chi connectivity index (χ1n) is 7.16. The minimum atomic E-state index is 0.185. The van der Waals surface area contributed by atoms with E-state index in [-0.39, 0.29) is 5.78 Å². The summed E-state index contributed by atoms with van der Waals surface area (Å²) in [5, 5.41) is 0. The summed E-state index contributed by atoms with van der Waals surface area (Å²) in [5.74, 6) is 0.632. The second-order valence-corrected chi connectivity index (χ2v) is 6.81. The number of thioether (sulfide) groups is 1. The highest BCUT2D eigenvalue weighted by atomic mass is 32.2. The van der Waals surface area contributed by atoms with Crippen LogP contribution >= 0.6 is 24.0 Å². The maximum Gasteiger partial charge on any atom is 0.174 e. The molecule has 0 saturated carbocycles. The first-order chi connectivity index (χ1) is 9.54. The van der Waals surface area contributed by atoms with Gasteiger partial charge in [0.25, 0.3) is 0 Å². The van der Waals surface area contributed by atoms with Gasteiger partial charge in [-0.1, -0.05) is 24.0 Å². The van der Waals surface area contributed by atoms with E-state index in [2.05, 4.69) is 23.3 Å². The summed E-state index contributed by atoms with van der Waals surface area (Å²) >= 11 is 6.91. The Kier molecular flexibility index (Phi) is 5.27. The summed E-state index contributed by atoms with van der Waals surface area (Å²) in [6, 6.07) is 2.00. The molecule has 2 rings (SSSR count). The number of carbonyl (C=O) groups excluding carboxylic acids is 1. The number of nitrogens with zero attached hydrogens (tertiary/aromatic N) is 2. The normalized spacial score (nSPS) is 14.8. The van der Waals surface area contributed by atoms with Crippen molar-refractivity contribution in [1.29, 1.82) is 0 Å². The Morgan fingerprint density at radius 1 is 1.35 bits per heavy atom. The van der Waals surface area contributed by atoms with Crippen molar-refractivity contribution in [2.24, 2.45) is 0 Å². The van der Waals surface area contributed by atoms with E-state index in [0.29, 0.717) is 5.75 Å². The van der Waals surface area contributed by atoms with Gasteiger partial charge in [-0.15, -0.1) is 0 Å². The number of rotatable bonds is 4. The molecule has 0 aliphatic carbocycles. The average molecular weight is 310 g/mol. The van der Waals surface area contributed by atoms with Crippen LogP contribution in [0.25, 0.3) is 0 Å². The fraction of sp³-hybridized carbons (Fsp3) is 0.600. The van der Waals surface area contributed by atoms with Crippen LogP contribution in [0, 0.1) is 13.8 Å². The molecular formula is C15H22N2OS2. The van der Waals surface area contributed by atoms with Gasteiger partial charge in [0.05, 0.1) is 5.75 Å². The Morgan fingerprint density at radius 2 is 2.00 bits per heavy atom. The topological polar surface area (TPSA) is 25.2 Å². The van der Waals surface area contributed by atoms with Gasteiger partial charge in [-0.05, 0) is 39.7 Å². The molecule has 0 spiro atoms. The molecule has 1 aromatic rings. The van der Waals surface area contributed by atoms with E-state index in [0.717, 1.165) is 40.9 Å². The van der Waals surface area contributed by atoms with Crippen LogP contribution in [0.4, 0.5) is 0 Å². The summed E-state index contributed by atoms with van der Waals surface area (Å²) in [4.78, 5) is 14.6. The number of ketones is 1. The molecule has 0 radical (unpaired) electrons. The molecule has 1 aliphatic heterocycles. The zero-order valence-corrected chi connectivity index (χ0v) is 14.1. The van der Waals surface area contributed by atoms with Crippen LogP contribution in [0.5, 0.6) is 0 Å². The van der Waals surface area contributed by atoms with E-state index in [1.807, 2.05) is 13.0 Å². The molecule has 0 bridgehead atoms. The largest absolute Gasteiger partial charge is 0.358 e. The molecule has 1 aromatic heterocycles. The standard InChI is InChI=1S/C15H22N2OS2/c1-4-17-11(2)9-13(12(17)3)14(18)10-20-15(19)16-7-5-6-8-16/h9H,4-8,10H2,1-3H3. The minimum Gasteiger partial charge on any atom is -0.358 e. The molecule has 1 aliphatic rings. The summed E-state index contributed by atoms with van der Waals surface area (Å²) in [5.41, 5.74) is 3.07. The monoisotopic (exact) mass is 310 g/mol. The fourth-order valence-corrected chi connectivity index (χ4v) is 3.90. The minimum absolute atomic E-state index is 0.185. The van der Waals surface area contributed by atoms with Crippen LogP contribution in [0.1, 0.15) is 41.5 Å². The molecule has 2 heterocycles. The van der Waals surface area contributed by atoms with Crippen LogP contribution in [-0.4, -0.2) is 38.4 Å². The fourth-order valence-electron chi connectivity index (χ4n) is 2.77. The molecule has 1 saturated heterocycles. The predicted molar refractivity (Wildman–Crippen MR) is 89.8 cm³/mol. The van der Waals surface area contributed by atoms with E-state index >= 15 is 0 Å². The molecule has 0 unspecified atom stereocenters. The van der Waals surface area contributed by atoms with Crippen molar-refractivity contribution in [1.82, 2.24) is 9.47 Å². The predicted octanol–water partition coefficient (Wildman–Crippen LogP) is 3.42. The Morgan fingerprint density at radius 3 is 2.55 bits per heavy atom. The average Bonchev–Trinajstić information content (AvgIpc) is 3.04. The second-order valence-electron chi connectivity index (χ2n) is 5.20. The van der Waals surface area contributed by atoms with Gasteiger partial charge < -0.3 is 9.47 Å². The first-order valence-corrected chi connectivity index (χ1v) is 8.55. The van der Waals surface area contributed by atoms with Crippen molar-refractivity contribution in [2.45, 2.75) is 40.2 Å². The molecule has 0 amide bonds. The maximum absolute atomic E-state index is 12.4. The summed E-state index contributed by atoms with van der Waals surface area (Å²) < 4.78 is 3.05. The summed E-state index contributed by atoms with van der Waals surface area (Å²) in [7, 11) is 0. The van der Waals surface area contributed by atoms with Gasteiger partial charge in [0.1, 0.15) is 4.32 Å². The maximum atomic E-state index is 12.4. The quantitative estimate of drug-likeness (QED) is 0.628. The third-order valence-corrected chi connectivity index (χ3v) is 5.40. The molecule has 110 valence electrons. The lowest BCUT2D eigenvalue weighted by Gasteiger charge is -2.17. The number of hydrogen-bond acceptors (Lipinski definition) is 3. The van der Waals surface area contributed by atoms with Crippen molar-refractivity contribution in [3.63, 3.8) is 0 Å². The lowest BCUT2D eigenvalue weighted by Crippen LogP contribution is -2.24. The lowest BCUT2D eigenvalue weighted by molar-refractivity contribution is 0.102. The van der Waals surface area contributed by atoms with Gasteiger partial charge >= 0.3 is 0 Å². The highest BCUT2D eigenvalue weighted by Crippen LogP contribution is 2.20. The molecule has 5 heteroatoms. The Bertz CT molecular complexity index is 516. The highest BCUT2D eigenvalue weighted by molar-refractivity contribution is 8.23. The van der Waals surface area contributed by atoms with Gasteiger partial charge in [0, 0.05) is 36.6 Å².